The Hall–Kier alpha value is -2.24. The average molecular weight is 541 g/mol. The van der Waals surface area contributed by atoms with Crippen LogP contribution in [0.25, 0.3) is 10.9 Å². The zero-order chi connectivity index (χ0) is 22.9. The summed E-state index contributed by atoms with van der Waals surface area (Å²) in [6.45, 7) is 1.10. The van der Waals surface area contributed by atoms with Gasteiger partial charge in [-0.1, -0.05) is 17.7 Å². The maximum Gasteiger partial charge on any atom is 0.341 e. The first-order valence-electron chi connectivity index (χ1n) is 9.63. The molecule has 1 N–H and O–H groups in total. The normalized spacial score (nSPS) is 15.0. The number of pyridine rings is 1. The van der Waals surface area contributed by atoms with Crippen LogP contribution in [0, 0.1) is 0 Å². The minimum atomic E-state index is -3.91. The van der Waals surface area contributed by atoms with E-state index in [1.165, 1.54) is 17.6 Å². The van der Waals surface area contributed by atoms with Crippen LogP contribution < -0.4 is 5.32 Å². The SMILES string of the molecule is COC(=O)c1c(Br)cccc1Nc1c(S(=O)(=O)N2CCOCC2)cnc2ccc(Cl)cc12. The first kappa shape index (κ1) is 22.9. The van der Waals surface area contributed by atoms with Gasteiger partial charge in [-0.2, -0.15) is 4.31 Å². The fraction of sp³-hybridized carbons (Fsp3) is 0.238. The highest BCUT2D eigenvalue weighted by atomic mass is 79.9. The van der Waals surface area contributed by atoms with Crippen LogP contribution in [-0.2, 0) is 19.5 Å². The number of fused-ring (bicyclic) bond motifs is 1. The van der Waals surface area contributed by atoms with Crippen molar-refractivity contribution < 1.29 is 22.7 Å². The minimum absolute atomic E-state index is 0.0232. The van der Waals surface area contributed by atoms with Crippen LogP contribution in [0.3, 0.4) is 0 Å². The van der Waals surface area contributed by atoms with Crippen molar-refractivity contribution >= 4 is 65.8 Å². The first-order chi connectivity index (χ1) is 15.3. The number of hydrogen-bond acceptors (Lipinski definition) is 7. The van der Waals surface area contributed by atoms with Gasteiger partial charge in [-0.3, -0.25) is 4.98 Å². The third-order valence-corrected chi connectivity index (χ3v) is 7.85. The Balaban J connectivity index is 1.94. The number of halogens is 2. The van der Waals surface area contributed by atoms with Crippen molar-refractivity contribution in [3.63, 3.8) is 0 Å². The smallest absolute Gasteiger partial charge is 0.341 e. The van der Waals surface area contributed by atoms with E-state index in [9.17, 15) is 13.2 Å². The number of anilines is 2. The van der Waals surface area contributed by atoms with Crippen molar-refractivity contribution in [1.29, 1.82) is 0 Å². The Morgan fingerprint density at radius 2 is 2.00 bits per heavy atom. The molecule has 32 heavy (non-hydrogen) atoms. The van der Waals surface area contributed by atoms with Gasteiger partial charge in [0, 0.05) is 34.2 Å². The molecule has 2 aromatic carbocycles. The molecule has 0 saturated carbocycles. The van der Waals surface area contributed by atoms with E-state index < -0.39 is 16.0 Å². The molecule has 1 aliphatic heterocycles. The predicted octanol–water partition coefficient (Wildman–Crippen LogP) is 4.20. The molecular weight excluding hydrogens is 522 g/mol. The molecule has 0 radical (unpaired) electrons. The summed E-state index contributed by atoms with van der Waals surface area (Å²) in [5, 5.41) is 4.07. The van der Waals surface area contributed by atoms with Gasteiger partial charge in [0.2, 0.25) is 10.0 Å². The molecule has 0 aliphatic carbocycles. The molecule has 0 amide bonds. The zero-order valence-corrected chi connectivity index (χ0v) is 20.1. The summed E-state index contributed by atoms with van der Waals surface area (Å²) < 4.78 is 39.1. The topological polar surface area (TPSA) is 97.8 Å². The van der Waals surface area contributed by atoms with Gasteiger partial charge in [0.1, 0.15) is 4.90 Å². The van der Waals surface area contributed by atoms with E-state index in [0.717, 1.165) is 0 Å². The van der Waals surface area contributed by atoms with E-state index in [4.69, 9.17) is 21.1 Å². The molecule has 1 aliphatic rings. The van der Waals surface area contributed by atoms with E-state index >= 15 is 0 Å². The van der Waals surface area contributed by atoms with E-state index in [1.807, 2.05) is 0 Å². The van der Waals surface area contributed by atoms with Crippen molar-refractivity contribution in [3.8, 4) is 0 Å². The van der Waals surface area contributed by atoms with Gasteiger partial charge in [0.15, 0.2) is 0 Å². The summed E-state index contributed by atoms with van der Waals surface area (Å²) in [7, 11) is -2.63. The molecule has 2 heterocycles. The fourth-order valence-corrected chi connectivity index (χ4v) is 5.68. The number of morpholine rings is 1. The molecule has 0 unspecified atom stereocenters. The maximum atomic E-state index is 13.5. The Bertz CT molecular complexity index is 1300. The Morgan fingerprint density at radius 3 is 2.72 bits per heavy atom. The summed E-state index contributed by atoms with van der Waals surface area (Å²) in [5.74, 6) is -0.575. The predicted molar refractivity (Wildman–Crippen MR) is 125 cm³/mol. The van der Waals surface area contributed by atoms with E-state index in [2.05, 4.69) is 26.2 Å². The number of aromatic nitrogens is 1. The summed E-state index contributed by atoms with van der Waals surface area (Å²) in [6, 6.07) is 10.1. The number of nitrogens with zero attached hydrogens (tertiary/aromatic N) is 2. The van der Waals surface area contributed by atoms with Crippen molar-refractivity contribution in [2.24, 2.45) is 0 Å². The van der Waals surface area contributed by atoms with Crippen molar-refractivity contribution in [2.45, 2.75) is 4.90 Å². The van der Waals surface area contributed by atoms with Gasteiger partial charge in [-0.15, -0.1) is 0 Å². The van der Waals surface area contributed by atoms with Gasteiger partial charge >= 0.3 is 5.97 Å². The van der Waals surface area contributed by atoms with E-state index in [-0.39, 0.29) is 29.2 Å². The van der Waals surface area contributed by atoms with Gasteiger partial charge in [-0.25, -0.2) is 13.2 Å². The van der Waals surface area contributed by atoms with Gasteiger partial charge in [-0.05, 0) is 46.3 Å². The number of methoxy groups -OCH3 is 1. The van der Waals surface area contributed by atoms with Crippen LogP contribution >= 0.6 is 27.5 Å². The molecule has 8 nitrogen and oxygen atoms in total. The monoisotopic (exact) mass is 539 g/mol. The molecule has 0 spiro atoms. The average Bonchev–Trinajstić information content (AvgIpc) is 2.79. The number of hydrogen-bond donors (Lipinski definition) is 1. The second kappa shape index (κ2) is 9.32. The van der Waals surface area contributed by atoms with Gasteiger partial charge < -0.3 is 14.8 Å². The van der Waals surface area contributed by atoms with Crippen LogP contribution in [-0.4, -0.2) is 57.1 Å². The number of nitrogens with one attached hydrogen (secondary N) is 1. The molecule has 0 atom stereocenters. The van der Waals surface area contributed by atoms with Crippen LogP contribution in [0.5, 0.6) is 0 Å². The molecule has 4 rings (SSSR count). The standard InChI is InChI=1S/C21H19BrClN3O5S/c1-30-21(27)19-15(22)3-2-4-17(19)25-20-14-11-13(23)5-6-16(14)24-12-18(20)32(28,29)26-7-9-31-10-8-26/h2-6,11-12H,7-10H2,1H3,(H,24,25). The quantitative estimate of drug-likeness (QED) is 0.484. The lowest BCUT2D eigenvalue weighted by Crippen LogP contribution is -2.40. The van der Waals surface area contributed by atoms with Crippen molar-refractivity contribution in [2.75, 3.05) is 38.7 Å². The lowest BCUT2D eigenvalue weighted by atomic mass is 10.1. The van der Waals surface area contributed by atoms with E-state index in [1.54, 1.807) is 36.4 Å². The summed E-state index contributed by atoms with van der Waals surface area (Å²) in [6.07, 6.45) is 1.32. The summed E-state index contributed by atoms with van der Waals surface area (Å²) >= 11 is 9.59. The number of ether oxygens (including phenoxy) is 2. The molecule has 1 fully saturated rings. The molecule has 11 heteroatoms. The Kier molecular flexibility index (Phi) is 6.68. The van der Waals surface area contributed by atoms with Gasteiger partial charge in [0.05, 0.1) is 42.8 Å². The van der Waals surface area contributed by atoms with Crippen LogP contribution in [0.2, 0.25) is 5.02 Å². The van der Waals surface area contributed by atoms with Crippen molar-refractivity contribution in [1.82, 2.24) is 9.29 Å². The Labute approximate surface area is 198 Å². The van der Waals surface area contributed by atoms with Gasteiger partial charge in [0.25, 0.3) is 0 Å². The molecule has 0 bridgehead atoms. The summed E-state index contributed by atoms with van der Waals surface area (Å²) in [4.78, 5) is 16.7. The highest BCUT2D eigenvalue weighted by Gasteiger charge is 2.31. The van der Waals surface area contributed by atoms with Crippen LogP contribution in [0.15, 0.2) is 52.0 Å². The van der Waals surface area contributed by atoms with Crippen LogP contribution in [0.1, 0.15) is 10.4 Å². The third kappa shape index (κ3) is 4.33. The number of benzene rings is 2. The lowest BCUT2D eigenvalue weighted by Gasteiger charge is -2.27. The second-order valence-electron chi connectivity index (χ2n) is 6.95. The largest absolute Gasteiger partial charge is 0.465 e. The molecule has 3 aromatic rings. The number of sulfonamides is 1. The Morgan fingerprint density at radius 1 is 1.25 bits per heavy atom. The van der Waals surface area contributed by atoms with E-state index in [0.29, 0.717) is 39.3 Å². The van der Waals surface area contributed by atoms with Crippen molar-refractivity contribution in [3.05, 3.63) is 57.7 Å². The minimum Gasteiger partial charge on any atom is -0.465 e. The molecule has 1 saturated heterocycles. The highest BCUT2D eigenvalue weighted by Crippen LogP contribution is 2.37. The zero-order valence-electron chi connectivity index (χ0n) is 17.0. The maximum absolute atomic E-state index is 13.5. The lowest BCUT2D eigenvalue weighted by molar-refractivity contribution is 0.0601. The first-order valence-corrected chi connectivity index (χ1v) is 12.2. The highest BCUT2D eigenvalue weighted by molar-refractivity contribution is 9.10. The van der Waals surface area contributed by atoms with Crippen LogP contribution in [0.4, 0.5) is 11.4 Å². The second-order valence-corrected chi connectivity index (χ2v) is 10.2. The number of esters is 1. The third-order valence-electron chi connectivity index (χ3n) is 5.05. The number of carbonyl (C=O) groups excluding carboxylic acids is 1. The number of carbonyl (C=O) groups is 1. The molecule has 168 valence electrons. The molecular formula is C21H19BrClN3O5S. The fourth-order valence-electron chi connectivity index (χ4n) is 3.47. The number of rotatable bonds is 5. The molecule has 1 aromatic heterocycles. The summed E-state index contributed by atoms with van der Waals surface area (Å²) in [5.41, 5.74) is 1.42.